The normalized spacial score (nSPS) is 13.9. The number of thiazole rings is 1. The highest BCUT2D eigenvalue weighted by atomic mass is 32.1. The Morgan fingerprint density at radius 1 is 1.10 bits per heavy atom. The van der Waals surface area contributed by atoms with Crippen molar-refractivity contribution in [2.45, 2.75) is 85.6 Å². The number of Topliss-reactive ketones (excluding diaryl/α,β-unsaturated/α-hetero) is 1. The summed E-state index contributed by atoms with van der Waals surface area (Å²) in [5.41, 5.74) is 2.78. The van der Waals surface area contributed by atoms with Crippen LogP contribution in [0.15, 0.2) is 30.4 Å². The summed E-state index contributed by atoms with van der Waals surface area (Å²) in [5.74, 6) is -0.237. The molecule has 0 aliphatic rings. The van der Waals surface area contributed by atoms with Gasteiger partial charge in [-0.25, -0.2) is 4.98 Å². The van der Waals surface area contributed by atoms with Gasteiger partial charge in [0.05, 0.1) is 21.1 Å². The number of fused-ring (bicyclic) bond motifs is 1. The van der Waals surface area contributed by atoms with Crippen molar-refractivity contribution >= 4 is 39.2 Å². The lowest BCUT2D eigenvalue weighted by Crippen LogP contribution is -2.44. The van der Waals surface area contributed by atoms with E-state index in [-0.39, 0.29) is 36.0 Å². The summed E-state index contributed by atoms with van der Waals surface area (Å²) in [4.78, 5) is 45.7. The molecule has 1 aromatic carbocycles. The van der Waals surface area contributed by atoms with Crippen molar-refractivity contribution in [3.8, 4) is 0 Å². The van der Waals surface area contributed by atoms with Crippen LogP contribution in [0.3, 0.4) is 0 Å². The third-order valence-electron chi connectivity index (χ3n) is 7.67. The molecule has 0 aliphatic heterocycles. The second kappa shape index (κ2) is 15.9. The van der Waals surface area contributed by atoms with Crippen LogP contribution in [-0.4, -0.2) is 60.2 Å². The molecule has 7 nitrogen and oxygen atoms in total. The highest BCUT2D eigenvalue weighted by Gasteiger charge is 2.28. The summed E-state index contributed by atoms with van der Waals surface area (Å²) in [6.45, 7) is 19.0. The smallest absolute Gasteiger partial charge is 0.224 e. The van der Waals surface area contributed by atoms with Crippen LogP contribution in [0.1, 0.15) is 83.7 Å². The third-order valence-corrected chi connectivity index (χ3v) is 8.71. The molecule has 1 heterocycles. The standard InChI is InChI=1S/C31H48N4O3S/c1-9-21(6)25(14-15-27(36)22(7)19-35(10-2)11-3)34-31(38)24(17-29(37)32-8)18-30-33-26-13-12-23(20(4)5)16-28(26)39-30/h12-13,16,20-21,24-25H,7,9-11,14-15,17-19H2,1-6,8H3,(H,32,37)(H,34,38)/t21-,24-,25+/m0/s1. The van der Waals surface area contributed by atoms with E-state index in [0.717, 1.165) is 34.7 Å². The molecule has 2 N–H and O–H groups in total. The SMILES string of the molecule is C=C(CN(CC)CC)C(=O)CC[C@@H](NC(=O)[C@@H](CC(=O)NC)Cc1nc2ccc(C(C)C)cc2s1)[C@@H](C)CC. The molecule has 2 amide bonds. The molecule has 2 aromatic rings. The lowest BCUT2D eigenvalue weighted by atomic mass is 9.91. The summed E-state index contributed by atoms with van der Waals surface area (Å²) in [5, 5.41) is 6.70. The van der Waals surface area contributed by atoms with E-state index in [9.17, 15) is 14.4 Å². The molecule has 2 rings (SSSR count). The number of rotatable bonds is 17. The number of hydrogen-bond donors (Lipinski definition) is 2. The summed E-state index contributed by atoms with van der Waals surface area (Å²) >= 11 is 1.58. The highest BCUT2D eigenvalue weighted by Crippen LogP contribution is 2.28. The van der Waals surface area contributed by atoms with Gasteiger partial charge in [-0.3, -0.25) is 19.3 Å². The van der Waals surface area contributed by atoms with Gasteiger partial charge in [-0.05, 0) is 49.0 Å². The fraction of sp³-hybridized carbons (Fsp3) is 0.613. The first-order valence-electron chi connectivity index (χ1n) is 14.4. The van der Waals surface area contributed by atoms with Crippen molar-refractivity contribution in [1.29, 1.82) is 0 Å². The first kappa shape index (κ1) is 32.6. The number of amides is 2. The first-order valence-corrected chi connectivity index (χ1v) is 15.2. The van der Waals surface area contributed by atoms with Crippen molar-refractivity contribution in [3.63, 3.8) is 0 Å². The second-order valence-electron chi connectivity index (χ2n) is 10.8. The number of nitrogens with one attached hydrogen (secondary N) is 2. The first-order chi connectivity index (χ1) is 18.5. The Balaban J connectivity index is 2.15. The van der Waals surface area contributed by atoms with E-state index in [4.69, 9.17) is 4.98 Å². The highest BCUT2D eigenvalue weighted by molar-refractivity contribution is 7.18. The lowest BCUT2D eigenvalue weighted by molar-refractivity contribution is -0.131. The van der Waals surface area contributed by atoms with Crippen LogP contribution in [-0.2, 0) is 20.8 Å². The van der Waals surface area contributed by atoms with Gasteiger partial charge < -0.3 is 10.6 Å². The monoisotopic (exact) mass is 556 g/mol. The molecular formula is C31H48N4O3S. The molecule has 0 bridgehead atoms. The van der Waals surface area contributed by atoms with E-state index in [2.05, 4.69) is 75.8 Å². The Hall–Kier alpha value is -2.58. The summed E-state index contributed by atoms with van der Waals surface area (Å²) in [7, 11) is 1.58. The summed E-state index contributed by atoms with van der Waals surface area (Å²) in [6.07, 6.45) is 2.23. The molecule has 0 fully saturated rings. The van der Waals surface area contributed by atoms with Crippen LogP contribution < -0.4 is 10.6 Å². The van der Waals surface area contributed by atoms with Crippen LogP contribution >= 0.6 is 11.3 Å². The lowest BCUT2D eigenvalue weighted by Gasteiger charge is -2.27. The predicted molar refractivity (Wildman–Crippen MR) is 162 cm³/mol. The van der Waals surface area contributed by atoms with Crippen LogP contribution in [0, 0.1) is 11.8 Å². The number of likely N-dealkylation sites (N-methyl/N-ethyl adjacent to an activating group) is 1. The Labute approximate surface area is 238 Å². The number of ketones is 1. The number of aromatic nitrogens is 1. The quantitative estimate of drug-likeness (QED) is 0.251. The molecule has 0 radical (unpaired) electrons. The maximum absolute atomic E-state index is 13.6. The summed E-state index contributed by atoms with van der Waals surface area (Å²) < 4.78 is 1.09. The molecule has 1 aromatic heterocycles. The molecule has 216 valence electrons. The fourth-order valence-electron chi connectivity index (χ4n) is 4.58. The molecule has 3 atom stereocenters. The van der Waals surface area contributed by atoms with Crippen LogP contribution in [0.4, 0.5) is 0 Å². The van der Waals surface area contributed by atoms with Crippen molar-refractivity contribution < 1.29 is 14.4 Å². The Morgan fingerprint density at radius 3 is 2.38 bits per heavy atom. The molecule has 0 unspecified atom stereocenters. The number of carbonyl (C=O) groups is 3. The topological polar surface area (TPSA) is 91.4 Å². The second-order valence-corrected chi connectivity index (χ2v) is 11.9. The van der Waals surface area contributed by atoms with E-state index in [0.29, 0.717) is 37.3 Å². The van der Waals surface area contributed by atoms with Gasteiger partial charge in [0.15, 0.2) is 5.78 Å². The molecule has 0 saturated heterocycles. The van der Waals surface area contributed by atoms with Gasteiger partial charge in [-0.1, -0.05) is 60.6 Å². The maximum Gasteiger partial charge on any atom is 0.224 e. The number of benzene rings is 1. The zero-order valence-electron chi connectivity index (χ0n) is 24.9. The van der Waals surface area contributed by atoms with Crippen molar-refractivity contribution in [3.05, 3.63) is 40.9 Å². The molecule has 0 aliphatic carbocycles. The summed E-state index contributed by atoms with van der Waals surface area (Å²) in [6, 6.07) is 6.13. The van der Waals surface area contributed by atoms with Gasteiger partial charge in [0.25, 0.3) is 0 Å². The van der Waals surface area contributed by atoms with Crippen molar-refractivity contribution in [2.75, 3.05) is 26.7 Å². The molecule has 0 spiro atoms. The van der Waals surface area contributed by atoms with E-state index in [1.807, 2.05) is 6.07 Å². The van der Waals surface area contributed by atoms with Gasteiger partial charge in [0, 0.05) is 44.5 Å². The zero-order chi connectivity index (χ0) is 29.1. The maximum atomic E-state index is 13.6. The van der Waals surface area contributed by atoms with Gasteiger partial charge in [-0.15, -0.1) is 11.3 Å². The van der Waals surface area contributed by atoms with Crippen molar-refractivity contribution in [1.82, 2.24) is 20.5 Å². The predicted octanol–water partition coefficient (Wildman–Crippen LogP) is 5.49. The van der Waals surface area contributed by atoms with E-state index in [1.165, 1.54) is 5.56 Å². The van der Waals surface area contributed by atoms with Crippen LogP contribution in [0.5, 0.6) is 0 Å². The zero-order valence-corrected chi connectivity index (χ0v) is 25.7. The Bertz CT molecular complexity index is 1120. The van der Waals surface area contributed by atoms with Crippen molar-refractivity contribution in [2.24, 2.45) is 11.8 Å². The molecule has 0 saturated carbocycles. The Kier molecular flexibility index (Phi) is 13.3. The average Bonchev–Trinajstić information content (AvgIpc) is 3.33. The number of hydrogen-bond acceptors (Lipinski definition) is 6. The average molecular weight is 557 g/mol. The van der Waals surface area contributed by atoms with Gasteiger partial charge in [0.2, 0.25) is 11.8 Å². The van der Waals surface area contributed by atoms with E-state index < -0.39 is 5.92 Å². The molecule has 39 heavy (non-hydrogen) atoms. The fourth-order valence-corrected chi connectivity index (χ4v) is 5.68. The van der Waals surface area contributed by atoms with Crippen LogP contribution in [0.2, 0.25) is 0 Å². The minimum atomic E-state index is -0.546. The molecular weight excluding hydrogens is 508 g/mol. The van der Waals surface area contributed by atoms with E-state index in [1.54, 1.807) is 18.4 Å². The van der Waals surface area contributed by atoms with Crippen LogP contribution in [0.25, 0.3) is 10.2 Å². The van der Waals surface area contributed by atoms with Gasteiger partial charge in [0.1, 0.15) is 0 Å². The largest absolute Gasteiger partial charge is 0.359 e. The van der Waals surface area contributed by atoms with Gasteiger partial charge >= 0.3 is 0 Å². The minimum Gasteiger partial charge on any atom is -0.359 e. The minimum absolute atomic E-state index is 0.0432. The Morgan fingerprint density at radius 2 is 1.79 bits per heavy atom. The number of nitrogens with zero attached hydrogens (tertiary/aromatic N) is 2. The van der Waals surface area contributed by atoms with E-state index >= 15 is 0 Å². The number of carbonyl (C=O) groups excluding carboxylic acids is 3. The van der Waals surface area contributed by atoms with Gasteiger partial charge in [-0.2, -0.15) is 0 Å². The third kappa shape index (κ3) is 9.84. The molecule has 8 heteroatoms.